The van der Waals surface area contributed by atoms with Crippen LogP contribution in [0, 0.1) is 17.5 Å². The van der Waals surface area contributed by atoms with Gasteiger partial charge in [-0.2, -0.15) is 0 Å². The van der Waals surface area contributed by atoms with Crippen molar-refractivity contribution >= 4 is 5.91 Å². The molecule has 0 aliphatic carbocycles. The number of nitrogens with zero attached hydrogens (tertiary/aromatic N) is 3. The third-order valence-electron chi connectivity index (χ3n) is 4.72. The number of oxazole rings is 1. The summed E-state index contributed by atoms with van der Waals surface area (Å²) in [6, 6.07) is 9.33. The number of carbonyl (C=O) groups excluding carboxylic acids is 1. The summed E-state index contributed by atoms with van der Waals surface area (Å²) in [5.74, 6) is -1.76. The number of rotatable bonds is 10. The summed E-state index contributed by atoms with van der Waals surface area (Å²) in [5.41, 5.74) is 1.23. The third-order valence-corrected chi connectivity index (χ3v) is 4.72. The van der Waals surface area contributed by atoms with E-state index in [2.05, 4.69) is 10.3 Å². The number of likely N-dealkylation sites (N-methyl/N-ethyl adjacent to an activating group) is 1. The first-order chi connectivity index (χ1) is 15.3. The van der Waals surface area contributed by atoms with E-state index in [1.807, 2.05) is 23.9 Å². The van der Waals surface area contributed by atoms with E-state index in [1.165, 1.54) is 30.5 Å². The summed E-state index contributed by atoms with van der Waals surface area (Å²) in [6.07, 6.45) is 1.27. The van der Waals surface area contributed by atoms with Crippen molar-refractivity contribution in [1.29, 1.82) is 0 Å². The van der Waals surface area contributed by atoms with Gasteiger partial charge in [0.1, 0.15) is 23.7 Å². The smallest absolute Gasteiger partial charge is 0.273 e. The third kappa shape index (κ3) is 6.93. The summed E-state index contributed by atoms with van der Waals surface area (Å²) < 4.78 is 46.2. The van der Waals surface area contributed by atoms with E-state index in [0.717, 1.165) is 11.6 Å². The van der Waals surface area contributed by atoms with Crippen molar-refractivity contribution in [3.05, 3.63) is 88.9 Å². The molecule has 0 radical (unpaired) electrons. The lowest BCUT2D eigenvalue weighted by atomic mass is 10.1. The summed E-state index contributed by atoms with van der Waals surface area (Å²) in [5, 5.41) is 2.76. The molecule has 170 valence electrons. The maximum Gasteiger partial charge on any atom is 0.273 e. The lowest BCUT2D eigenvalue weighted by Gasteiger charge is -2.21. The fourth-order valence-corrected chi connectivity index (χ4v) is 3.07. The first-order valence-corrected chi connectivity index (χ1v) is 10.1. The predicted molar refractivity (Wildman–Crippen MR) is 113 cm³/mol. The highest BCUT2D eigenvalue weighted by Crippen LogP contribution is 2.17. The van der Waals surface area contributed by atoms with E-state index in [1.54, 1.807) is 12.1 Å². The van der Waals surface area contributed by atoms with Gasteiger partial charge < -0.3 is 14.6 Å². The Morgan fingerprint density at radius 3 is 2.41 bits per heavy atom. The van der Waals surface area contributed by atoms with Crippen molar-refractivity contribution in [2.75, 3.05) is 27.2 Å². The van der Waals surface area contributed by atoms with Crippen LogP contribution in [0.15, 0.2) is 53.1 Å². The second-order valence-corrected chi connectivity index (χ2v) is 7.69. The normalized spacial score (nSPS) is 11.3. The Labute approximate surface area is 184 Å². The van der Waals surface area contributed by atoms with Crippen LogP contribution in [0.25, 0.3) is 0 Å². The van der Waals surface area contributed by atoms with Crippen molar-refractivity contribution in [1.82, 2.24) is 20.1 Å². The molecule has 0 bridgehead atoms. The molecule has 9 heteroatoms. The number of carbonyl (C=O) groups is 1. The summed E-state index contributed by atoms with van der Waals surface area (Å²) in [4.78, 5) is 20.2. The van der Waals surface area contributed by atoms with E-state index in [-0.39, 0.29) is 36.4 Å². The van der Waals surface area contributed by atoms with Gasteiger partial charge in [0.05, 0.1) is 6.54 Å². The average molecular weight is 446 g/mol. The zero-order chi connectivity index (χ0) is 23.1. The standard InChI is InChI=1S/C23H25F3N4O2/c1-29(2)10-9-27-23(31)21-15-32-22(28-21)14-30(12-16-3-6-18(24)7-4-16)13-17-5-8-19(25)11-20(17)26/h3-8,11,15H,9-10,12-14H2,1-2H3,(H,27,31). The molecule has 0 fully saturated rings. The lowest BCUT2D eigenvalue weighted by Crippen LogP contribution is -2.31. The number of nitrogens with one attached hydrogen (secondary N) is 1. The summed E-state index contributed by atoms with van der Waals surface area (Å²) >= 11 is 0. The number of aromatic nitrogens is 1. The van der Waals surface area contributed by atoms with Crippen LogP contribution in [0.4, 0.5) is 13.2 Å². The second kappa shape index (κ2) is 10.9. The Hall–Kier alpha value is -3.17. The fraction of sp³-hybridized carbons (Fsp3) is 0.304. The molecule has 0 atom stereocenters. The molecule has 0 aliphatic heterocycles. The van der Waals surface area contributed by atoms with Crippen LogP contribution < -0.4 is 5.32 Å². The summed E-state index contributed by atoms with van der Waals surface area (Å²) in [7, 11) is 3.81. The van der Waals surface area contributed by atoms with Crippen LogP contribution in [-0.4, -0.2) is 47.9 Å². The van der Waals surface area contributed by atoms with Gasteiger partial charge in [0.25, 0.3) is 5.91 Å². The molecule has 3 aromatic rings. The van der Waals surface area contributed by atoms with E-state index in [9.17, 15) is 18.0 Å². The first-order valence-electron chi connectivity index (χ1n) is 10.1. The minimum absolute atomic E-state index is 0.135. The van der Waals surface area contributed by atoms with Crippen LogP contribution in [0.3, 0.4) is 0 Å². The van der Waals surface area contributed by atoms with Crippen molar-refractivity contribution in [3.63, 3.8) is 0 Å². The number of benzene rings is 2. The monoisotopic (exact) mass is 446 g/mol. The summed E-state index contributed by atoms with van der Waals surface area (Å²) in [6.45, 7) is 1.79. The number of amides is 1. The average Bonchev–Trinajstić information content (AvgIpc) is 3.20. The molecule has 1 N–H and O–H groups in total. The van der Waals surface area contributed by atoms with Gasteiger partial charge in [0.2, 0.25) is 5.89 Å². The highest BCUT2D eigenvalue weighted by Gasteiger charge is 2.17. The van der Waals surface area contributed by atoms with Gasteiger partial charge in [-0.15, -0.1) is 0 Å². The SMILES string of the molecule is CN(C)CCNC(=O)c1coc(CN(Cc2ccc(F)cc2)Cc2ccc(F)cc2F)n1. The second-order valence-electron chi connectivity index (χ2n) is 7.69. The predicted octanol–water partition coefficient (Wildman–Crippen LogP) is 3.59. The zero-order valence-electron chi connectivity index (χ0n) is 17.9. The van der Waals surface area contributed by atoms with Crippen molar-refractivity contribution in [3.8, 4) is 0 Å². The van der Waals surface area contributed by atoms with Gasteiger partial charge in [-0.05, 0) is 37.9 Å². The molecule has 1 aromatic heterocycles. The molecule has 1 amide bonds. The van der Waals surface area contributed by atoms with Gasteiger partial charge in [-0.1, -0.05) is 18.2 Å². The van der Waals surface area contributed by atoms with Gasteiger partial charge in [-0.25, -0.2) is 18.2 Å². The van der Waals surface area contributed by atoms with Crippen LogP contribution in [0.1, 0.15) is 27.5 Å². The topological polar surface area (TPSA) is 61.6 Å². The molecule has 2 aromatic carbocycles. The number of halogens is 3. The maximum absolute atomic E-state index is 14.2. The van der Waals surface area contributed by atoms with Gasteiger partial charge in [-0.3, -0.25) is 9.69 Å². The minimum Gasteiger partial charge on any atom is -0.447 e. The van der Waals surface area contributed by atoms with Crippen molar-refractivity contribution < 1.29 is 22.4 Å². The molecule has 3 rings (SSSR count). The van der Waals surface area contributed by atoms with Crippen molar-refractivity contribution in [2.24, 2.45) is 0 Å². The molecule has 0 saturated carbocycles. The molecule has 0 aliphatic rings. The largest absolute Gasteiger partial charge is 0.447 e. The molecule has 6 nitrogen and oxygen atoms in total. The van der Waals surface area contributed by atoms with Crippen LogP contribution in [0.2, 0.25) is 0 Å². The number of hydrogen-bond donors (Lipinski definition) is 1. The van der Waals surface area contributed by atoms with E-state index >= 15 is 0 Å². The van der Waals surface area contributed by atoms with Gasteiger partial charge in [0.15, 0.2) is 5.69 Å². The number of hydrogen-bond acceptors (Lipinski definition) is 5. The highest BCUT2D eigenvalue weighted by atomic mass is 19.1. The van der Waals surface area contributed by atoms with Crippen LogP contribution in [0.5, 0.6) is 0 Å². The molecule has 0 saturated heterocycles. The maximum atomic E-state index is 14.2. The Bertz CT molecular complexity index is 1040. The lowest BCUT2D eigenvalue weighted by molar-refractivity contribution is 0.0946. The van der Waals surface area contributed by atoms with Crippen molar-refractivity contribution in [2.45, 2.75) is 19.6 Å². The molecule has 32 heavy (non-hydrogen) atoms. The van der Waals surface area contributed by atoms with E-state index in [0.29, 0.717) is 25.2 Å². The van der Waals surface area contributed by atoms with Gasteiger partial charge >= 0.3 is 0 Å². The zero-order valence-corrected chi connectivity index (χ0v) is 17.9. The van der Waals surface area contributed by atoms with Crippen LogP contribution >= 0.6 is 0 Å². The van der Waals surface area contributed by atoms with E-state index < -0.39 is 11.6 Å². The minimum atomic E-state index is -0.664. The van der Waals surface area contributed by atoms with Gasteiger partial charge in [0, 0.05) is 37.8 Å². The molecule has 0 spiro atoms. The molecule has 1 heterocycles. The fourth-order valence-electron chi connectivity index (χ4n) is 3.07. The Kier molecular flexibility index (Phi) is 8.02. The molecular weight excluding hydrogens is 421 g/mol. The quantitative estimate of drug-likeness (QED) is 0.516. The molecular formula is C23H25F3N4O2. The van der Waals surface area contributed by atoms with E-state index in [4.69, 9.17) is 4.42 Å². The first kappa shape index (κ1) is 23.5. The molecule has 0 unspecified atom stereocenters. The Morgan fingerprint density at radius 2 is 1.72 bits per heavy atom. The Morgan fingerprint density at radius 1 is 1.00 bits per heavy atom. The highest BCUT2D eigenvalue weighted by molar-refractivity contribution is 5.91. The van der Waals surface area contributed by atoms with Crippen LogP contribution in [-0.2, 0) is 19.6 Å². The Balaban J connectivity index is 1.72.